The van der Waals surface area contributed by atoms with Crippen LogP contribution in [0.4, 0.5) is 10.7 Å². The fraction of sp³-hybridized carbons (Fsp3) is 0.579. The van der Waals surface area contributed by atoms with Gasteiger partial charge in [0.05, 0.1) is 5.52 Å². The van der Waals surface area contributed by atoms with E-state index < -0.39 is 5.60 Å². The minimum atomic E-state index is -0.448. The maximum atomic E-state index is 12.3. The molecule has 26 heavy (non-hydrogen) atoms. The van der Waals surface area contributed by atoms with Crippen molar-refractivity contribution < 1.29 is 9.53 Å². The average molecular weight is 468 g/mol. The van der Waals surface area contributed by atoms with Gasteiger partial charge in [0.25, 0.3) is 0 Å². The van der Waals surface area contributed by atoms with Crippen molar-refractivity contribution in [1.29, 1.82) is 0 Å². The van der Waals surface area contributed by atoms with Gasteiger partial charge in [-0.1, -0.05) is 6.07 Å². The van der Waals surface area contributed by atoms with Crippen molar-refractivity contribution in [3.8, 4) is 0 Å². The van der Waals surface area contributed by atoms with Gasteiger partial charge < -0.3 is 19.9 Å². The number of hydrogen-bond acceptors (Lipinski definition) is 4. The van der Waals surface area contributed by atoms with Gasteiger partial charge in [-0.25, -0.2) is 9.78 Å². The lowest BCUT2D eigenvalue weighted by atomic mass is 9.65. The summed E-state index contributed by atoms with van der Waals surface area (Å²) in [6.07, 6.45) is 2.91. The summed E-state index contributed by atoms with van der Waals surface area (Å²) in [6.45, 7) is 7.28. The van der Waals surface area contributed by atoms with E-state index in [1.807, 2.05) is 25.7 Å². The molecular weight excluding hydrogens is 443 g/mol. The highest BCUT2D eigenvalue weighted by atomic mass is 127. The smallest absolute Gasteiger partial charge is 0.410 e. The van der Waals surface area contributed by atoms with E-state index in [2.05, 4.69) is 50.3 Å². The number of rotatable bonds is 1. The first-order valence-corrected chi connectivity index (χ1v) is 10.2. The Hall–Kier alpha value is -1.51. The zero-order valence-corrected chi connectivity index (χ0v) is 17.6. The quantitative estimate of drug-likeness (QED) is 0.638. The molecule has 0 bridgehead atoms. The number of anilines is 1. The lowest BCUT2D eigenvalue weighted by Gasteiger charge is -2.46. The number of carbonyl (C=O) groups excluding carboxylic acids is 1. The second-order valence-electron chi connectivity index (χ2n) is 8.66. The number of nitrogens with two attached hydrogens (primary N) is 1. The summed E-state index contributed by atoms with van der Waals surface area (Å²) < 4.78 is 8.82. The van der Waals surface area contributed by atoms with Gasteiger partial charge in [0.1, 0.15) is 11.1 Å². The van der Waals surface area contributed by atoms with Gasteiger partial charge in [-0.3, -0.25) is 0 Å². The summed E-state index contributed by atoms with van der Waals surface area (Å²) in [4.78, 5) is 18.8. The fourth-order valence-electron chi connectivity index (χ4n) is 4.36. The maximum absolute atomic E-state index is 12.3. The molecular formula is C19H25IN4O2. The molecule has 2 aromatic rings. The van der Waals surface area contributed by atoms with Crippen molar-refractivity contribution in [1.82, 2.24) is 14.5 Å². The van der Waals surface area contributed by atoms with Gasteiger partial charge in [-0.05, 0) is 80.2 Å². The normalized spacial score (nSPS) is 25.7. The predicted molar refractivity (Wildman–Crippen MR) is 110 cm³/mol. The number of fused-ring (bicyclic) bond motifs is 1. The van der Waals surface area contributed by atoms with E-state index in [1.54, 1.807) is 0 Å². The summed E-state index contributed by atoms with van der Waals surface area (Å²) in [5, 5.41) is 0. The number of aromatic nitrogens is 2. The number of hydrogen-bond donors (Lipinski definition) is 1. The Balaban J connectivity index is 1.47. The van der Waals surface area contributed by atoms with Crippen LogP contribution in [0.15, 0.2) is 18.2 Å². The summed E-state index contributed by atoms with van der Waals surface area (Å²) >= 11 is 2.30. The van der Waals surface area contributed by atoms with Crippen LogP contribution in [0.3, 0.4) is 0 Å². The van der Waals surface area contributed by atoms with Crippen molar-refractivity contribution in [2.45, 2.75) is 51.7 Å². The number of imidazole rings is 1. The first-order valence-electron chi connectivity index (χ1n) is 9.07. The molecule has 140 valence electrons. The van der Waals surface area contributed by atoms with Crippen LogP contribution in [-0.4, -0.2) is 39.2 Å². The van der Waals surface area contributed by atoms with Crippen LogP contribution in [0.1, 0.15) is 46.1 Å². The molecule has 2 fully saturated rings. The number of halogens is 1. The van der Waals surface area contributed by atoms with Gasteiger partial charge in [0, 0.05) is 22.7 Å². The molecule has 1 aromatic heterocycles. The topological polar surface area (TPSA) is 73.4 Å². The van der Waals surface area contributed by atoms with Gasteiger partial charge in [0.2, 0.25) is 5.95 Å². The number of para-hydroxylation sites is 1. The number of ether oxygens (including phenoxy) is 1. The Morgan fingerprint density at radius 3 is 2.81 bits per heavy atom. The molecule has 2 aliphatic rings. The van der Waals surface area contributed by atoms with E-state index in [4.69, 9.17) is 10.5 Å². The number of benzene rings is 1. The zero-order chi connectivity index (χ0) is 18.7. The molecule has 1 saturated carbocycles. The van der Waals surface area contributed by atoms with Crippen molar-refractivity contribution in [3.63, 3.8) is 0 Å². The minimum Gasteiger partial charge on any atom is -0.444 e. The number of nitrogens with zero attached hydrogens (tertiary/aromatic N) is 3. The van der Waals surface area contributed by atoms with E-state index >= 15 is 0 Å². The van der Waals surface area contributed by atoms with Crippen molar-refractivity contribution in [2.24, 2.45) is 5.41 Å². The summed E-state index contributed by atoms with van der Waals surface area (Å²) in [5.74, 6) is 0.589. The van der Waals surface area contributed by atoms with E-state index in [1.165, 1.54) is 0 Å². The molecule has 1 aliphatic carbocycles. The van der Waals surface area contributed by atoms with E-state index in [9.17, 15) is 4.79 Å². The highest BCUT2D eigenvalue weighted by Gasteiger charge is 2.51. The van der Waals surface area contributed by atoms with Gasteiger partial charge in [0.15, 0.2) is 0 Å². The SMILES string of the molecule is CC(C)(C)OC(=O)N1CCC2(CC(n3c(N)nc4c(I)cccc43)C2)C1. The second kappa shape index (κ2) is 6.00. The highest BCUT2D eigenvalue weighted by Crippen LogP contribution is 2.55. The van der Waals surface area contributed by atoms with Crippen LogP contribution in [0.25, 0.3) is 11.0 Å². The van der Waals surface area contributed by atoms with E-state index in [-0.39, 0.29) is 11.5 Å². The fourth-order valence-corrected chi connectivity index (χ4v) is 4.96. The molecule has 0 radical (unpaired) electrons. The van der Waals surface area contributed by atoms with E-state index in [0.717, 1.165) is 47.0 Å². The molecule has 2 heterocycles. The molecule has 1 amide bonds. The van der Waals surface area contributed by atoms with Crippen LogP contribution >= 0.6 is 22.6 Å². The molecule has 7 heteroatoms. The van der Waals surface area contributed by atoms with Gasteiger partial charge in [-0.2, -0.15) is 0 Å². The van der Waals surface area contributed by atoms with Crippen LogP contribution in [0.2, 0.25) is 0 Å². The Bertz CT molecular complexity index is 864. The van der Waals surface area contributed by atoms with Crippen molar-refractivity contribution in [2.75, 3.05) is 18.8 Å². The van der Waals surface area contributed by atoms with Crippen molar-refractivity contribution >= 4 is 45.7 Å². The Labute approximate surface area is 167 Å². The van der Waals surface area contributed by atoms with Gasteiger partial charge >= 0.3 is 6.09 Å². The van der Waals surface area contributed by atoms with Crippen LogP contribution < -0.4 is 5.73 Å². The van der Waals surface area contributed by atoms with Crippen LogP contribution in [0, 0.1) is 8.99 Å². The summed E-state index contributed by atoms with van der Waals surface area (Å²) in [5.41, 5.74) is 8.07. The van der Waals surface area contributed by atoms with Gasteiger partial charge in [-0.15, -0.1) is 0 Å². The largest absolute Gasteiger partial charge is 0.444 e. The third-order valence-electron chi connectivity index (χ3n) is 5.49. The molecule has 4 rings (SSSR count). The van der Waals surface area contributed by atoms with Crippen molar-refractivity contribution in [3.05, 3.63) is 21.8 Å². The van der Waals surface area contributed by atoms with Crippen LogP contribution in [0.5, 0.6) is 0 Å². The molecule has 1 aromatic carbocycles. The first kappa shape index (κ1) is 17.9. The number of amides is 1. The molecule has 0 atom stereocenters. The Morgan fingerprint density at radius 2 is 2.12 bits per heavy atom. The lowest BCUT2D eigenvalue weighted by molar-refractivity contribution is 0.0200. The monoisotopic (exact) mass is 468 g/mol. The highest BCUT2D eigenvalue weighted by molar-refractivity contribution is 14.1. The third kappa shape index (κ3) is 3.04. The standard InChI is InChI=1S/C19H25IN4O2/c1-18(2,3)26-17(25)23-8-7-19(11-23)9-12(10-19)24-14-6-4-5-13(20)15(14)22-16(24)21/h4-6,12H,7-11H2,1-3H3,(H2,21,22). The zero-order valence-electron chi connectivity index (χ0n) is 15.5. The summed E-state index contributed by atoms with van der Waals surface area (Å²) in [7, 11) is 0. The molecule has 6 nitrogen and oxygen atoms in total. The van der Waals surface area contributed by atoms with Crippen LogP contribution in [-0.2, 0) is 4.74 Å². The molecule has 2 N–H and O–H groups in total. The second-order valence-corrected chi connectivity index (χ2v) is 9.82. The number of nitrogen functional groups attached to an aromatic ring is 1. The third-order valence-corrected chi connectivity index (χ3v) is 6.36. The molecule has 1 spiro atoms. The lowest BCUT2D eigenvalue weighted by Crippen LogP contribution is -2.43. The molecule has 1 aliphatic heterocycles. The predicted octanol–water partition coefficient (Wildman–Crippen LogP) is 4.19. The summed E-state index contributed by atoms with van der Waals surface area (Å²) in [6, 6.07) is 6.55. The number of likely N-dealkylation sites (tertiary alicyclic amines) is 1. The first-order chi connectivity index (χ1) is 12.2. The Morgan fingerprint density at radius 1 is 1.38 bits per heavy atom. The Kier molecular flexibility index (Phi) is 4.13. The van der Waals surface area contributed by atoms with E-state index in [0.29, 0.717) is 12.0 Å². The average Bonchev–Trinajstić information content (AvgIpc) is 3.06. The molecule has 1 saturated heterocycles. The number of carbonyl (C=O) groups is 1. The maximum Gasteiger partial charge on any atom is 0.410 e. The molecule has 0 unspecified atom stereocenters. The minimum absolute atomic E-state index is 0.194.